The molecule has 0 bridgehead atoms. The van der Waals surface area contributed by atoms with Gasteiger partial charge in [0.25, 0.3) is 0 Å². The molecule has 0 aromatic carbocycles. The second-order valence-corrected chi connectivity index (χ2v) is 6.37. The molecule has 0 aromatic rings. The number of hydrogen-bond acceptors (Lipinski definition) is 1. The molecule has 0 aliphatic rings. The highest BCUT2D eigenvalue weighted by molar-refractivity contribution is 5.48. The van der Waals surface area contributed by atoms with E-state index in [4.69, 9.17) is 0 Å². The molecule has 0 aromatic heterocycles. The average molecular weight is 283 g/mol. The predicted molar refractivity (Wildman–Crippen MR) is 90.2 cm³/mol. The molecular formula is C19H38O. The smallest absolute Gasteiger partial charge is 0.119 e. The summed E-state index contributed by atoms with van der Waals surface area (Å²) in [4.78, 5) is 10.3. The molecule has 1 heteroatoms. The number of aldehydes is 1. The summed E-state index contributed by atoms with van der Waals surface area (Å²) in [5, 5.41) is 0. The van der Waals surface area contributed by atoms with Crippen molar-refractivity contribution in [3.8, 4) is 0 Å². The van der Waals surface area contributed by atoms with Crippen molar-refractivity contribution in [2.75, 3.05) is 0 Å². The van der Waals surface area contributed by atoms with Gasteiger partial charge < -0.3 is 4.79 Å². The van der Waals surface area contributed by atoms with Crippen molar-refractivity contribution >= 4 is 6.29 Å². The highest BCUT2D eigenvalue weighted by Gasteiger charge is 2.08. The molecule has 0 heterocycles. The van der Waals surface area contributed by atoms with Crippen molar-refractivity contribution in [2.45, 2.75) is 110 Å². The van der Waals surface area contributed by atoms with Gasteiger partial charge in [-0.3, -0.25) is 0 Å². The Morgan fingerprint density at radius 1 is 0.650 bits per heavy atom. The van der Waals surface area contributed by atoms with Crippen molar-refractivity contribution in [2.24, 2.45) is 5.92 Å². The number of unbranched alkanes of at least 4 members (excludes halogenated alkanes) is 9. The summed E-state index contributed by atoms with van der Waals surface area (Å²) < 4.78 is 0. The molecule has 0 rings (SSSR count). The van der Waals surface area contributed by atoms with Gasteiger partial charge in [-0.05, 0) is 12.3 Å². The van der Waals surface area contributed by atoms with Crippen molar-refractivity contribution in [3.05, 3.63) is 0 Å². The minimum atomic E-state index is 0.762. The molecule has 0 amide bonds. The topological polar surface area (TPSA) is 17.1 Å². The number of carbonyl (C=O) groups is 1. The third kappa shape index (κ3) is 14.1. The summed E-state index contributed by atoms with van der Waals surface area (Å²) in [6.45, 7) is 4.57. The van der Waals surface area contributed by atoms with Gasteiger partial charge in [-0.15, -0.1) is 0 Å². The van der Waals surface area contributed by atoms with E-state index in [2.05, 4.69) is 13.8 Å². The fraction of sp³-hybridized carbons (Fsp3) is 0.947. The van der Waals surface area contributed by atoms with Crippen LogP contribution in [0.2, 0.25) is 0 Å². The second kappa shape index (κ2) is 16.7. The summed E-state index contributed by atoms with van der Waals surface area (Å²) in [7, 11) is 0. The molecule has 0 fully saturated rings. The zero-order chi connectivity index (χ0) is 14.9. The maximum atomic E-state index is 10.3. The lowest BCUT2D eigenvalue weighted by atomic mass is 9.90. The van der Waals surface area contributed by atoms with E-state index in [1.807, 2.05) is 0 Å². The first-order valence-electron chi connectivity index (χ1n) is 9.28. The summed E-state index contributed by atoms with van der Waals surface area (Å²) >= 11 is 0. The molecule has 0 unspecified atom stereocenters. The maximum Gasteiger partial charge on any atom is 0.119 e. The second-order valence-electron chi connectivity index (χ2n) is 6.37. The third-order valence-electron chi connectivity index (χ3n) is 4.37. The first-order valence-corrected chi connectivity index (χ1v) is 9.28. The fourth-order valence-electron chi connectivity index (χ4n) is 2.99. The van der Waals surface area contributed by atoms with Crippen LogP contribution in [0.5, 0.6) is 0 Å². The lowest BCUT2D eigenvalue weighted by Crippen LogP contribution is -2.01. The molecule has 1 nitrogen and oxygen atoms in total. The summed E-state index contributed by atoms with van der Waals surface area (Å²) in [5.41, 5.74) is 0. The average Bonchev–Trinajstić information content (AvgIpc) is 2.47. The zero-order valence-corrected chi connectivity index (χ0v) is 14.2. The van der Waals surface area contributed by atoms with Gasteiger partial charge in [0, 0.05) is 6.42 Å². The van der Waals surface area contributed by atoms with E-state index >= 15 is 0 Å². The third-order valence-corrected chi connectivity index (χ3v) is 4.37. The van der Waals surface area contributed by atoms with Crippen molar-refractivity contribution in [3.63, 3.8) is 0 Å². The van der Waals surface area contributed by atoms with Gasteiger partial charge in [0.1, 0.15) is 6.29 Å². The minimum absolute atomic E-state index is 0.762. The predicted octanol–water partition coefficient (Wildman–Crippen LogP) is 6.69. The van der Waals surface area contributed by atoms with Gasteiger partial charge in [0.15, 0.2) is 0 Å². The number of rotatable bonds is 16. The van der Waals surface area contributed by atoms with Crippen LogP contribution in [-0.4, -0.2) is 6.29 Å². The Kier molecular flexibility index (Phi) is 16.4. The van der Waals surface area contributed by atoms with Gasteiger partial charge in [-0.1, -0.05) is 97.3 Å². The molecule has 120 valence electrons. The van der Waals surface area contributed by atoms with Crippen molar-refractivity contribution in [1.29, 1.82) is 0 Å². The SMILES string of the molecule is CCCCCCC(CCCCCC)CCCCCC=O. The number of hydrogen-bond donors (Lipinski definition) is 0. The molecule has 0 saturated carbocycles. The van der Waals surface area contributed by atoms with E-state index in [1.54, 1.807) is 0 Å². The van der Waals surface area contributed by atoms with Gasteiger partial charge in [0.05, 0.1) is 0 Å². The van der Waals surface area contributed by atoms with E-state index in [1.165, 1.54) is 83.5 Å². The monoisotopic (exact) mass is 282 g/mol. The van der Waals surface area contributed by atoms with Crippen LogP contribution in [0.4, 0.5) is 0 Å². The summed E-state index contributed by atoms with van der Waals surface area (Å²) in [5.74, 6) is 0.958. The minimum Gasteiger partial charge on any atom is -0.303 e. The van der Waals surface area contributed by atoms with Crippen molar-refractivity contribution in [1.82, 2.24) is 0 Å². The fourth-order valence-corrected chi connectivity index (χ4v) is 2.99. The van der Waals surface area contributed by atoms with Crippen LogP contribution in [0.25, 0.3) is 0 Å². The first kappa shape index (κ1) is 19.7. The van der Waals surface area contributed by atoms with E-state index in [0.717, 1.165) is 25.0 Å². The van der Waals surface area contributed by atoms with E-state index in [9.17, 15) is 4.79 Å². The standard InChI is InChI=1S/C19H38O/c1-3-5-7-11-15-19(16-12-8-6-4-2)17-13-9-10-14-18-20/h18-19H,3-17H2,1-2H3. The van der Waals surface area contributed by atoms with Crippen LogP contribution in [0.3, 0.4) is 0 Å². The Morgan fingerprint density at radius 2 is 1.10 bits per heavy atom. The normalized spacial score (nSPS) is 11.2. The molecule has 0 aliphatic carbocycles. The molecule has 0 N–H and O–H groups in total. The zero-order valence-electron chi connectivity index (χ0n) is 14.2. The van der Waals surface area contributed by atoms with Crippen LogP contribution in [-0.2, 0) is 4.79 Å². The summed E-state index contributed by atoms with van der Waals surface area (Å²) in [6.07, 6.45) is 21.0. The molecule has 0 saturated heterocycles. The summed E-state index contributed by atoms with van der Waals surface area (Å²) in [6, 6.07) is 0. The van der Waals surface area contributed by atoms with Crippen molar-refractivity contribution < 1.29 is 4.79 Å². The molecule has 20 heavy (non-hydrogen) atoms. The molecule has 0 radical (unpaired) electrons. The van der Waals surface area contributed by atoms with Gasteiger partial charge in [-0.25, -0.2) is 0 Å². The largest absolute Gasteiger partial charge is 0.303 e. The molecule has 0 spiro atoms. The number of carbonyl (C=O) groups excluding carboxylic acids is 1. The van der Waals surface area contributed by atoms with Crippen LogP contribution in [0, 0.1) is 5.92 Å². The van der Waals surface area contributed by atoms with Gasteiger partial charge in [0.2, 0.25) is 0 Å². The van der Waals surface area contributed by atoms with E-state index in [0.29, 0.717) is 0 Å². The van der Waals surface area contributed by atoms with Gasteiger partial charge in [-0.2, -0.15) is 0 Å². The maximum absolute atomic E-state index is 10.3. The molecule has 0 aliphatic heterocycles. The first-order chi connectivity index (χ1) is 9.85. The Labute approximate surface area is 127 Å². The molecule has 0 atom stereocenters. The highest BCUT2D eigenvalue weighted by atomic mass is 16.1. The Hall–Kier alpha value is -0.330. The van der Waals surface area contributed by atoms with Crippen LogP contribution in [0.15, 0.2) is 0 Å². The van der Waals surface area contributed by atoms with Crippen LogP contribution >= 0.6 is 0 Å². The van der Waals surface area contributed by atoms with Gasteiger partial charge >= 0.3 is 0 Å². The Bertz CT molecular complexity index is 176. The quantitative estimate of drug-likeness (QED) is 0.227. The van der Waals surface area contributed by atoms with Crippen LogP contribution < -0.4 is 0 Å². The van der Waals surface area contributed by atoms with Crippen LogP contribution in [0.1, 0.15) is 110 Å². The van der Waals surface area contributed by atoms with E-state index in [-0.39, 0.29) is 0 Å². The Morgan fingerprint density at radius 3 is 1.50 bits per heavy atom. The van der Waals surface area contributed by atoms with E-state index < -0.39 is 0 Å². The lowest BCUT2D eigenvalue weighted by Gasteiger charge is -2.16. The Balaban J connectivity index is 3.69. The highest BCUT2D eigenvalue weighted by Crippen LogP contribution is 2.24. The lowest BCUT2D eigenvalue weighted by molar-refractivity contribution is -0.107. The molecular weight excluding hydrogens is 244 g/mol.